The minimum absolute atomic E-state index is 0.274. The second-order valence-electron chi connectivity index (χ2n) is 4.89. The molecule has 0 fully saturated rings. The van der Waals surface area contributed by atoms with Crippen LogP contribution in [-0.4, -0.2) is 14.9 Å². The van der Waals surface area contributed by atoms with Crippen molar-refractivity contribution >= 4 is 0 Å². The predicted molar refractivity (Wildman–Crippen MR) is 73.4 cm³/mol. The van der Waals surface area contributed by atoms with E-state index in [4.69, 9.17) is 0 Å². The Morgan fingerprint density at radius 3 is 2.44 bits per heavy atom. The molecule has 0 atom stereocenters. The van der Waals surface area contributed by atoms with Crippen molar-refractivity contribution in [2.75, 3.05) is 0 Å². The molecule has 0 radical (unpaired) electrons. The number of hydrogen-bond donors (Lipinski definition) is 1. The molecule has 1 aromatic carbocycles. The van der Waals surface area contributed by atoms with Gasteiger partial charge in [-0.1, -0.05) is 39.0 Å². The van der Waals surface area contributed by atoms with Crippen molar-refractivity contribution in [1.29, 1.82) is 0 Å². The van der Waals surface area contributed by atoms with E-state index in [-0.39, 0.29) is 11.8 Å². The molecule has 0 aliphatic rings. The molecule has 1 heterocycles. The van der Waals surface area contributed by atoms with Gasteiger partial charge in [-0.05, 0) is 30.9 Å². The number of benzene rings is 1. The van der Waals surface area contributed by atoms with Crippen molar-refractivity contribution in [1.82, 2.24) is 9.78 Å². The quantitative estimate of drug-likeness (QED) is 0.896. The molecule has 0 saturated carbocycles. The first-order valence-electron chi connectivity index (χ1n) is 6.43. The van der Waals surface area contributed by atoms with E-state index in [2.05, 4.69) is 25.9 Å². The molecule has 0 aliphatic heterocycles. The van der Waals surface area contributed by atoms with Crippen LogP contribution in [0.5, 0.6) is 5.88 Å². The zero-order chi connectivity index (χ0) is 13.3. The standard InChI is InChI=1S/C15H20N2O/c1-5-12-14(10(2)3)15(18)17(16-12)13-9-7-6-8-11(13)4/h6-10,18H,5H2,1-4H3. The molecule has 1 aromatic heterocycles. The Balaban J connectivity index is 2.63. The molecule has 96 valence electrons. The van der Waals surface area contributed by atoms with Crippen molar-refractivity contribution in [3.63, 3.8) is 0 Å². The monoisotopic (exact) mass is 244 g/mol. The van der Waals surface area contributed by atoms with Gasteiger partial charge in [-0.3, -0.25) is 0 Å². The summed E-state index contributed by atoms with van der Waals surface area (Å²) < 4.78 is 1.66. The average molecular weight is 244 g/mol. The molecule has 1 N–H and O–H groups in total. The van der Waals surface area contributed by atoms with Gasteiger partial charge in [0, 0.05) is 5.56 Å². The number of aryl methyl sites for hydroxylation is 2. The van der Waals surface area contributed by atoms with Gasteiger partial charge in [-0.15, -0.1) is 0 Å². The van der Waals surface area contributed by atoms with Gasteiger partial charge in [0.25, 0.3) is 0 Å². The van der Waals surface area contributed by atoms with Crippen LogP contribution in [0.25, 0.3) is 5.69 Å². The number of hydrogen-bond acceptors (Lipinski definition) is 2. The summed E-state index contributed by atoms with van der Waals surface area (Å²) in [4.78, 5) is 0. The first-order chi connectivity index (χ1) is 8.56. The van der Waals surface area contributed by atoms with Gasteiger partial charge in [-0.2, -0.15) is 5.10 Å². The molecular formula is C15H20N2O. The summed E-state index contributed by atoms with van der Waals surface area (Å²) in [5, 5.41) is 14.9. The van der Waals surface area contributed by atoms with Gasteiger partial charge in [0.05, 0.1) is 11.4 Å². The van der Waals surface area contributed by atoms with E-state index in [1.54, 1.807) is 4.68 Å². The number of para-hydroxylation sites is 1. The highest BCUT2D eigenvalue weighted by Gasteiger charge is 2.20. The fourth-order valence-corrected chi connectivity index (χ4v) is 2.29. The van der Waals surface area contributed by atoms with Crippen LogP contribution in [0.1, 0.15) is 43.5 Å². The molecular weight excluding hydrogens is 224 g/mol. The lowest BCUT2D eigenvalue weighted by Gasteiger charge is -2.08. The van der Waals surface area contributed by atoms with E-state index < -0.39 is 0 Å². The van der Waals surface area contributed by atoms with E-state index in [0.29, 0.717) is 0 Å². The molecule has 0 aliphatic carbocycles. The van der Waals surface area contributed by atoms with E-state index in [9.17, 15) is 5.11 Å². The molecule has 0 bridgehead atoms. The van der Waals surface area contributed by atoms with E-state index in [1.807, 2.05) is 31.2 Å². The van der Waals surface area contributed by atoms with Gasteiger partial charge < -0.3 is 5.11 Å². The van der Waals surface area contributed by atoms with Crippen LogP contribution in [0.3, 0.4) is 0 Å². The van der Waals surface area contributed by atoms with Crippen LogP contribution in [0.15, 0.2) is 24.3 Å². The van der Waals surface area contributed by atoms with E-state index in [0.717, 1.165) is 28.9 Å². The third-order valence-corrected chi connectivity index (χ3v) is 3.23. The minimum atomic E-state index is 0.274. The van der Waals surface area contributed by atoms with Crippen molar-refractivity contribution in [3.8, 4) is 11.6 Å². The summed E-state index contributed by atoms with van der Waals surface area (Å²) in [5.74, 6) is 0.550. The maximum Gasteiger partial charge on any atom is 0.217 e. The van der Waals surface area contributed by atoms with Crippen LogP contribution < -0.4 is 0 Å². The normalized spacial score (nSPS) is 11.2. The Bertz CT molecular complexity index is 556. The lowest BCUT2D eigenvalue weighted by molar-refractivity contribution is 0.425. The lowest BCUT2D eigenvalue weighted by Crippen LogP contribution is -1.99. The molecule has 0 saturated heterocycles. The highest BCUT2D eigenvalue weighted by molar-refractivity contribution is 5.46. The Hall–Kier alpha value is -1.77. The Morgan fingerprint density at radius 2 is 1.94 bits per heavy atom. The SMILES string of the molecule is CCc1nn(-c2ccccc2C)c(O)c1C(C)C. The van der Waals surface area contributed by atoms with Gasteiger partial charge >= 0.3 is 0 Å². The molecule has 0 amide bonds. The molecule has 0 spiro atoms. The summed E-state index contributed by atoms with van der Waals surface area (Å²) in [5.41, 5.74) is 3.98. The molecule has 2 aromatic rings. The summed E-state index contributed by atoms with van der Waals surface area (Å²) in [6.45, 7) is 8.25. The fourth-order valence-electron chi connectivity index (χ4n) is 2.29. The first kappa shape index (κ1) is 12.7. The number of nitrogens with zero attached hydrogens (tertiary/aromatic N) is 2. The number of aromatic hydroxyl groups is 1. The Kier molecular flexibility index (Phi) is 3.41. The third kappa shape index (κ3) is 2.01. The van der Waals surface area contributed by atoms with E-state index in [1.165, 1.54) is 0 Å². The van der Waals surface area contributed by atoms with Crippen molar-refractivity contribution in [2.45, 2.75) is 40.0 Å². The summed E-state index contributed by atoms with van der Waals surface area (Å²) >= 11 is 0. The van der Waals surface area contributed by atoms with Gasteiger partial charge in [0.1, 0.15) is 0 Å². The van der Waals surface area contributed by atoms with Gasteiger partial charge in [0.2, 0.25) is 5.88 Å². The fraction of sp³-hybridized carbons (Fsp3) is 0.400. The second-order valence-corrected chi connectivity index (χ2v) is 4.89. The van der Waals surface area contributed by atoms with Crippen LogP contribution >= 0.6 is 0 Å². The topological polar surface area (TPSA) is 38.0 Å². The molecule has 3 nitrogen and oxygen atoms in total. The van der Waals surface area contributed by atoms with Crippen LogP contribution in [0, 0.1) is 6.92 Å². The lowest BCUT2D eigenvalue weighted by atomic mass is 10.0. The predicted octanol–water partition coefficient (Wildman–Crippen LogP) is 3.57. The Labute approximate surface area is 108 Å². The van der Waals surface area contributed by atoms with Crippen LogP contribution in [-0.2, 0) is 6.42 Å². The maximum absolute atomic E-state index is 10.4. The highest BCUT2D eigenvalue weighted by Crippen LogP contribution is 2.32. The highest BCUT2D eigenvalue weighted by atomic mass is 16.3. The summed E-state index contributed by atoms with van der Waals surface area (Å²) in [6.07, 6.45) is 0.833. The van der Waals surface area contributed by atoms with Crippen molar-refractivity contribution < 1.29 is 5.11 Å². The van der Waals surface area contributed by atoms with Crippen LogP contribution in [0.4, 0.5) is 0 Å². The van der Waals surface area contributed by atoms with Crippen LogP contribution in [0.2, 0.25) is 0 Å². The molecule has 18 heavy (non-hydrogen) atoms. The third-order valence-electron chi connectivity index (χ3n) is 3.23. The van der Waals surface area contributed by atoms with Gasteiger partial charge in [0.15, 0.2) is 0 Å². The zero-order valence-corrected chi connectivity index (χ0v) is 11.4. The summed E-state index contributed by atoms with van der Waals surface area (Å²) in [7, 11) is 0. The molecule has 2 rings (SSSR count). The Morgan fingerprint density at radius 1 is 1.28 bits per heavy atom. The largest absolute Gasteiger partial charge is 0.493 e. The van der Waals surface area contributed by atoms with Crippen molar-refractivity contribution in [3.05, 3.63) is 41.1 Å². The minimum Gasteiger partial charge on any atom is -0.493 e. The zero-order valence-electron chi connectivity index (χ0n) is 11.4. The maximum atomic E-state index is 10.4. The molecule has 0 unspecified atom stereocenters. The summed E-state index contributed by atoms with van der Waals surface area (Å²) in [6, 6.07) is 7.95. The first-order valence-corrected chi connectivity index (χ1v) is 6.43. The second kappa shape index (κ2) is 4.84. The van der Waals surface area contributed by atoms with Crippen molar-refractivity contribution in [2.24, 2.45) is 0 Å². The molecule has 3 heteroatoms. The van der Waals surface area contributed by atoms with E-state index >= 15 is 0 Å². The average Bonchev–Trinajstić information content (AvgIpc) is 2.67. The number of aromatic nitrogens is 2. The number of rotatable bonds is 3. The smallest absolute Gasteiger partial charge is 0.217 e. The van der Waals surface area contributed by atoms with Gasteiger partial charge in [-0.25, -0.2) is 4.68 Å².